The molecule has 1 unspecified atom stereocenters. The molecule has 24 heavy (non-hydrogen) atoms. The van der Waals surface area contributed by atoms with Gasteiger partial charge >= 0.3 is 0 Å². The van der Waals surface area contributed by atoms with E-state index < -0.39 is 0 Å². The Morgan fingerprint density at radius 3 is 3.08 bits per heavy atom. The summed E-state index contributed by atoms with van der Waals surface area (Å²) in [4.78, 5) is 22.8. The second-order valence-electron chi connectivity index (χ2n) is 5.84. The van der Waals surface area contributed by atoms with Gasteiger partial charge in [-0.2, -0.15) is 13.5 Å². The quantitative estimate of drug-likeness (QED) is 0.882. The van der Waals surface area contributed by atoms with Crippen LogP contribution in [-0.2, 0) is 17.8 Å². The molecular weight excluding hydrogens is 347 g/mol. The SMILES string of the molecule is CC(=O)Nc1ncc(CN2CCC(Cc3ncccc3F)C2)s1.S. The molecule has 1 saturated heterocycles. The molecule has 0 aliphatic carbocycles. The molecule has 0 saturated carbocycles. The monoisotopic (exact) mass is 368 g/mol. The first kappa shape index (κ1) is 18.8. The summed E-state index contributed by atoms with van der Waals surface area (Å²) >= 11 is 1.50. The van der Waals surface area contributed by atoms with Crippen molar-refractivity contribution in [2.24, 2.45) is 5.92 Å². The smallest absolute Gasteiger partial charge is 0.223 e. The van der Waals surface area contributed by atoms with Crippen molar-refractivity contribution in [3.05, 3.63) is 40.9 Å². The Morgan fingerprint density at radius 1 is 1.50 bits per heavy atom. The fourth-order valence-electron chi connectivity index (χ4n) is 2.87. The first-order chi connectivity index (χ1) is 11.1. The molecule has 1 fully saturated rings. The number of halogens is 1. The van der Waals surface area contributed by atoms with Gasteiger partial charge in [0.1, 0.15) is 5.82 Å². The number of amides is 1. The van der Waals surface area contributed by atoms with E-state index >= 15 is 0 Å². The lowest BCUT2D eigenvalue weighted by Gasteiger charge is -2.14. The molecule has 0 radical (unpaired) electrons. The molecule has 1 N–H and O–H groups in total. The summed E-state index contributed by atoms with van der Waals surface area (Å²) < 4.78 is 13.7. The van der Waals surface area contributed by atoms with E-state index in [4.69, 9.17) is 0 Å². The van der Waals surface area contributed by atoms with Gasteiger partial charge in [0, 0.05) is 37.3 Å². The van der Waals surface area contributed by atoms with Crippen LogP contribution < -0.4 is 5.32 Å². The minimum atomic E-state index is -0.214. The van der Waals surface area contributed by atoms with Crippen LogP contribution in [0, 0.1) is 11.7 Å². The number of anilines is 1. The molecule has 1 amide bonds. The molecule has 2 aromatic rings. The predicted octanol–water partition coefficient (Wildman–Crippen LogP) is 2.81. The average Bonchev–Trinajstić information content (AvgIpc) is 3.11. The van der Waals surface area contributed by atoms with Crippen molar-refractivity contribution < 1.29 is 9.18 Å². The highest BCUT2D eigenvalue weighted by Gasteiger charge is 2.24. The minimum Gasteiger partial charge on any atom is -0.302 e. The lowest BCUT2D eigenvalue weighted by molar-refractivity contribution is -0.114. The van der Waals surface area contributed by atoms with Crippen LogP contribution in [0.2, 0.25) is 0 Å². The summed E-state index contributed by atoms with van der Waals surface area (Å²) in [6.45, 7) is 4.22. The van der Waals surface area contributed by atoms with Crippen LogP contribution in [0.1, 0.15) is 23.9 Å². The van der Waals surface area contributed by atoms with Gasteiger partial charge in [0.2, 0.25) is 5.91 Å². The minimum absolute atomic E-state index is 0. The van der Waals surface area contributed by atoms with Gasteiger partial charge in [-0.05, 0) is 37.4 Å². The van der Waals surface area contributed by atoms with Crippen molar-refractivity contribution in [3.63, 3.8) is 0 Å². The van der Waals surface area contributed by atoms with E-state index in [0.29, 0.717) is 23.2 Å². The predicted molar refractivity (Wildman–Crippen MR) is 98.1 cm³/mol. The molecule has 2 aromatic heterocycles. The van der Waals surface area contributed by atoms with Gasteiger partial charge in [-0.15, -0.1) is 11.3 Å². The number of rotatable bonds is 5. The number of aromatic nitrogens is 2. The van der Waals surface area contributed by atoms with E-state index in [1.54, 1.807) is 12.3 Å². The average molecular weight is 369 g/mol. The van der Waals surface area contributed by atoms with Crippen molar-refractivity contribution >= 4 is 35.9 Å². The van der Waals surface area contributed by atoms with E-state index in [1.807, 2.05) is 6.20 Å². The van der Waals surface area contributed by atoms with Crippen molar-refractivity contribution in [3.8, 4) is 0 Å². The lowest BCUT2D eigenvalue weighted by atomic mass is 10.0. The number of pyridine rings is 1. The van der Waals surface area contributed by atoms with E-state index in [0.717, 1.165) is 30.9 Å². The number of nitrogens with one attached hydrogen (secondary N) is 1. The maximum Gasteiger partial charge on any atom is 0.223 e. The Morgan fingerprint density at radius 2 is 2.33 bits per heavy atom. The second-order valence-corrected chi connectivity index (χ2v) is 6.95. The number of carbonyl (C=O) groups excluding carboxylic acids is 1. The van der Waals surface area contributed by atoms with Crippen LogP contribution in [0.15, 0.2) is 24.5 Å². The van der Waals surface area contributed by atoms with Crippen LogP contribution in [0.4, 0.5) is 9.52 Å². The number of hydrogen-bond acceptors (Lipinski definition) is 5. The van der Waals surface area contributed by atoms with E-state index in [9.17, 15) is 9.18 Å². The molecule has 8 heteroatoms. The molecule has 5 nitrogen and oxygen atoms in total. The van der Waals surface area contributed by atoms with Gasteiger partial charge in [-0.25, -0.2) is 9.37 Å². The van der Waals surface area contributed by atoms with Gasteiger partial charge in [0.25, 0.3) is 0 Å². The first-order valence-corrected chi connectivity index (χ1v) is 8.46. The third kappa shape index (κ3) is 4.99. The molecule has 0 bridgehead atoms. The van der Waals surface area contributed by atoms with E-state index in [1.165, 1.54) is 24.3 Å². The van der Waals surface area contributed by atoms with Gasteiger partial charge < -0.3 is 5.32 Å². The lowest BCUT2D eigenvalue weighted by Crippen LogP contribution is -2.20. The van der Waals surface area contributed by atoms with Gasteiger partial charge in [0.05, 0.1) is 5.69 Å². The van der Waals surface area contributed by atoms with E-state index in [-0.39, 0.29) is 25.2 Å². The largest absolute Gasteiger partial charge is 0.302 e. The second kappa shape index (κ2) is 8.55. The molecule has 1 aliphatic heterocycles. The van der Waals surface area contributed by atoms with Gasteiger partial charge in [0.15, 0.2) is 5.13 Å². The number of thiazole rings is 1. The van der Waals surface area contributed by atoms with Crippen molar-refractivity contribution in [2.45, 2.75) is 26.3 Å². The topological polar surface area (TPSA) is 58.1 Å². The van der Waals surface area contributed by atoms with Crippen LogP contribution >= 0.6 is 24.8 Å². The zero-order valence-corrected chi connectivity index (χ0v) is 15.3. The number of hydrogen-bond donors (Lipinski definition) is 1. The van der Waals surface area contributed by atoms with E-state index in [2.05, 4.69) is 20.2 Å². The third-order valence-corrected chi connectivity index (χ3v) is 4.80. The van der Waals surface area contributed by atoms with Crippen LogP contribution in [-0.4, -0.2) is 33.9 Å². The van der Waals surface area contributed by atoms with Crippen LogP contribution in [0.25, 0.3) is 0 Å². The highest BCUT2D eigenvalue weighted by molar-refractivity contribution is 7.59. The Balaban J connectivity index is 0.00000208. The molecule has 0 aromatic carbocycles. The van der Waals surface area contributed by atoms with Crippen LogP contribution in [0.5, 0.6) is 0 Å². The van der Waals surface area contributed by atoms with Crippen molar-refractivity contribution in [1.29, 1.82) is 0 Å². The summed E-state index contributed by atoms with van der Waals surface area (Å²) in [5.74, 6) is 0.111. The molecule has 1 aliphatic rings. The summed E-state index contributed by atoms with van der Waals surface area (Å²) in [6.07, 6.45) is 5.18. The standard InChI is InChI=1S/C16H19FN4OS.H2S/c1-11(22)20-16-19-8-13(23-16)10-21-6-4-12(9-21)7-15-14(17)3-2-5-18-15;/h2-3,5,8,12H,4,6-7,9-10H2,1H3,(H,19,20,22);1H2. The molecule has 3 rings (SSSR count). The molecular formula is C16H21FN4OS2. The highest BCUT2D eigenvalue weighted by Crippen LogP contribution is 2.25. The molecule has 130 valence electrons. The van der Waals surface area contributed by atoms with Crippen LogP contribution in [0.3, 0.4) is 0 Å². The maximum absolute atomic E-state index is 13.7. The highest BCUT2D eigenvalue weighted by atomic mass is 32.1. The number of nitrogens with zero attached hydrogens (tertiary/aromatic N) is 3. The zero-order chi connectivity index (χ0) is 16.2. The summed E-state index contributed by atoms with van der Waals surface area (Å²) in [5.41, 5.74) is 0.560. The first-order valence-electron chi connectivity index (χ1n) is 7.64. The number of carbonyl (C=O) groups is 1. The Labute approximate surface area is 151 Å². The Hall–Kier alpha value is -1.51. The van der Waals surface area contributed by atoms with Gasteiger partial charge in [-0.3, -0.25) is 14.7 Å². The van der Waals surface area contributed by atoms with Gasteiger partial charge in [-0.1, -0.05) is 0 Å². The Kier molecular flexibility index (Phi) is 6.70. The van der Waals surface area contributed by atoms with Crippen molar-refractivity contribution in [1.82, 2.24) is 14.9 Å². The maximum atomic E-state index is 13.7. The third-order valence-electron chi connectivity index (χ3n) is 3.90. The fourth-order valence-corrected chi connectivity index (χ4v) is 3.78. The zero-order valence-electron chi connectivity index (χ0n) is 13.5. The number of likely N-dealkylation sites (tertiary alicyclic amines) is 1. The van der Waals surface area contributed by atoms with Crippen molar-refractivity contribution in [2.75, 3.05) is 18.4 Å². The molecule has 0 spiro atoms. The normalized spacial score (nSPS) is 17.5. The summed E-state index contributed by atoms with van der Waals surface area (Å²) in [6, 6.07) is 3.09. The Bertz CT molecular complexity index is 694. The molecule has 3 heterocycles. The summed E-state index contributed by atoms with van der Waals surface area (Å²) in [7, 11) is 0. The summed E-state index contributed by atoms with van der Waals surface area (Å²) in [5, 5.41) is 3.34. The fraction of sp³-hybridized carbons (Fsp3) is 0.438. The molecule has 1 atom stereocenters.